The van der Waals surface area contributed by atoms with Crippen LogP contribution in [0.4, 0.5) is 0 Å². The Labute approximate surface area is 200 Å². The van der Waals surface area contributed by atoms with Gasteiger partial charge in [0.25, 0.3) is 0 Å². The van der Waals surface area contributed by atoms with Crippen LogP contribution in [0.2, 0.25) is 18.1 Å². The van der Waals surface area contributed by atoms with Gasteiger partial charge >= 0.3 is 0 Å². The van der Waals surface area contributed by atoms with Gasteiger partial charge in [0.1, 0.15) is 12.7 Å². The highest BCUT2D eigenvalue weighted by Crippen LogP contribution is 2.39. The molecule has 5 heteroatoms. The van der Waals surface area contributed by atoms with Crippen LogP contribution in [0.1, 0.15) is 125 Å². The first kappa shape index (κ1) is 29.8. The highest BCUT2D eigenvalue weighted by atomic mass is 28.4. The predicted octanol–water partition coefficient (Wildman–Crippen LogP) is 8.19. The molecule has 0 bridgehead atoms. The van der Waals surface area contributed by atoms with E-state index in [-0.39, 0.29) is 23.5 Å². The molecule has 1 heterocycles. The van der Waals surface area contributed by atoms with Crippen molar-refractivity contribution in [2.75, 3.05) is 6.61 Å². The summed E-state index contributed by atoms with van der Waals surface area (Å²) in [6, 6.07) is 0. The van der Waals surface area contributed by atoms with E-state index in [0.717, 1.165) is 12.8 Å². The van der Waals surface area contributed by atoms with E-state index in [1.165, 1.54) is 70.6 Å². The van der Waals surface area contributed by atoms with E-state index < -0.39 is 20.2 Å². The SMILES string of the molecule is CCCCCCCCCCCCCC[C@H](O[Si](C)(C)C(C)(C)C)[C@@H]1OC(C)(C)OCC1=O. The van der Waals surface area contributed by atoms with E-state index in [2.05, 4.69) is 40.8 Å². The second-order valence-corrected chi connectivity index (χ2v) is 16.5. The molecule has 190 valence electrons. The average Bonchev–Trinajstić information content (AvgIpc) is 2.69. The number of carbonyl (C=O) groups is 1. The van der Waals surface area contributed by atoms with Crippen molar-refractivity contribution in [1.29, 1.82) is 0 Å². The first-order valence-corrected chi connectivity index (χ1v) is 16.3. The maximum absolute atomic E-state index is 12.7. The molecule has 0 N–H and O–H groups in total. The third-order valence-corrected chi connectivity index (χ3v) is 11.7. The number of unbranched alkanes of at least 4 members (excludes halogenated alkanes) is 11. The van der Waals surface area contributed by atoms with Crippen LogP contribution in [-0.4, -0.2) is 38.7 Å². The van der Waals surface area contributed by atoms with E-state index in [4.69, 9.17) is 13.9 Å². The van der Waals surface area contributed by atoms with Crippen molar-refractivity contribution in [3.05, 3.63) is 0 Å². The first-order chi connectivity index (χ1) is 14.9. The molecule has 1 fully saturated rings. The first-order valence-electron chi connectivity index (χ1n) is 13.4. The highest BCUT2D eigenvalue weighted by molar-refractivity contribution is 6.74. The molecular formula is C27H54O4Si. The van der Waals surface area contributed by atoms with Crippen LogP contribution in [0.5, 0.6) is 0 Å². The van der Waals surface area contributed by atoms with Gasteiger partial charge in [0.2, 0.25) is 0 Å². The molecule has 1 saturated heterocycles. The van der Waals surface area contributed by atoms with Gasteiger partial charge in [-0.15, -0.1) is 0 Å². The maximum atomic E-state index is 12.7. The Morgan fingerprint density at radius 3 is 1.88 bits per heavy atom. The Hall–Kier alpha value is -0.233. The summed E-state index contributed by atoms with van der Waals surface area (Å²) in [6.45, 7) is 17.4. The minimum absolute atomic E-state index is 0.0203. The van der Waals surface area contributed by atoms with Crippen LogP contribution in [0.3, 0.4) is 0 Å². The number of Topliss-reactive ketones (excluding diaryl/α,β-unsaturated/α-hetero) is 1. The summed E-state index contributed by atoms with van der Waals surface area (Å²) in [7, 11) is -2.00. The normalized spacial score (nSPS) is 20.5. The lowest BCUT2D eigenvalue weighted by atomic mass is 10.00. The summed E-state index contributed by atoms with van der Waals surface area (Å²) >= 11 is 0. The Morgan fingerprint density at radius 1 is 0.938 bits per heavy atom. The van der Waals surface area contributed by atoms with Gasteiger partial charge in [0, 0.05) is 0 Å². The fourth-order valence-electron chi connectivity index (χ4n) is 4.03. The highest BCUT2D eigenvalue weighted by Gasteiger charge is 2.45. The molecule has 0 amide bonds. The number of carbonyl (C=O) groups excluding carboxylic acids is 1. The second kappa shape index (κ2) is 14.2. The minimum atomic E-state index is -2.00. The predicted molar refractivity (Wildman–Crippen MR) is 138 cm³/mol. The number of hydrogen-bond donors (Lipinski definition) is 0. The lowest BCUT2D eigenvalue weighted by Crippen LogP contribution is -2.55. The van der Waals surface area contributed by atoms with Crippen LogP contribution in [0.25, 0.3) is 0 Å². The summed E-state index contributed by atoms with van der Waals surface area (Å²) in [5, 5.41) is 0.103. The van der Waals surface area contributed by atoms with Crippen LogP contribution in [0.15, 0.2) is 0 Å². The molecule has 4 nitrogen and oxygen atoms in total. The third-order valence-electron chi connectivity index (χ3n) is 7.22. The standard InChI is InChI=1S/C27H54O4Si/c1-9-10-11-12-13-14-15-16-17-18-19-20-21-24(31-32(7,8)26(2,3)4)25-23(28)22-29-27(5,6)30-25/h24-25H,9-22H2,1-8H3/t24-,25+/m0/s1. The molecule has 0 aliphatic carbocycles. The van der Waals surface area contributed by atoms with Gasteiger partial charge in [0.15, 0.2) is 19.9 Å². The number of ether oxygens (including phenoxy) is 2. The molecule has 0 saturated carbocycles. The fourth-order valence-corrected chi connectivity index (χ4v) is 5.38. The lowest BCUT2D eigenvalue weighted by molar-refractivity contribution is -0.270. The molecular weight excluding hydrogens is 416 g/mol. The van der Waals surface area contributed by atoms with Crippen LogP contribution < -0.4 is 0 Å². The van der Waals surface area contributed by atoms with Gasteiger partial charge in [-0.05, 0) is 38.4 Å². The lowest BCUT2D eigenvalue weighted by Gasteiger charge is -2.44. The van der Waals surface area contributed by atoms with Crippen LogP contribution in [-0.2, 0) is 18.7 Å². The quantitative estimate of drug-likeness (QED) is 0.168. The van der Waals surface area contributed by atoms with Crippen molar-refractivity contribution in [2.24, 2.45) is 0 Å². The zero-order chi connectivity index (χ0) is 24.3. The topological polar surface area (TPSA) is 44.8 Å². The molecule has 0 spiro atoms. The smallest absolute Gasteiger partial charge is 0.192 e. The molecule has 0 unspecified atom stereocenters. The molecule has 1 rings (SSSR count). The maximum Gasteiger partial charge on any atom is 0.192 e. The van der Waals surface area contributed by atoms with Crippen molar-refractivity contribution in [3.63, 3.8) is 0 Å². The average molecular weight is 471 g/mol. The van der Waals surface area contributed by atoms with Crippen molar-refractivity contribution in [1.82, 2.24) is 0 Å². The molecule has 2 atom stereocenters. The Bertz CT molecular complexity index is 524. The van der Waals surface area contributed by atoms with Gasteiger partial charge in [-0.25, -0.2) is 0 Å². The Balaban J connectivity index is 2.44. The largest absolute Gasteiger partial charge is 0.411 e. The van der Waals surface area contributed by atoms with E-state index >= 15 is 0 Å². The molecule has 0 aromatic heterocycles. The van der Waals surface area contributed by atoms with Crippen LogP contribution in [0, 0.1) is 0 Å². The summed E-state index contributed by atoms with van der Waals surface area (Å²) < 4.78 is 18.4. The molecule has 0 aromatic rings. The molecule has 1 aliphatic heterocycles. The van der Waals surface area contributed by atoms with Gasteiger partial charge in [-0.3, -0.25) is 4.79 Å². The molecule has 0 aromatic carbocycles. The number of hydrogen-bond acceptors (Lipinski definition) is 4. The van der Waals surface area contributed by atoms with Gasteiger partial charge in [-0.2, -0.15) is 0 Å². The minimum Gasteiger partial charge on any atom is -0.411 e. The summed E-state index contributed by atoms with van der Waals surface area (Å²) in [5.74, 6) is -0.712. The van der Waals surface area contributed by atoms with E-state index in [9.17, 15) is 4.79 Å². The monoisotopic (exact) mass is 470 g/mol. The van der Waals surface area contributed by atoms with E-state index in [1.54, 1.807) is 0 Å². The summed E-state index contributed by atoms with van der Waals surface area (Å²) in [6.07, 6.45) is 16.2. The van der Waals surface area contributed by atoms with Crippen molar-refractivity contribution in [3.8, 4) is 0 Å². The second-order valence-electron chi connectivity index (χ2n) is 11.8. The zero-order valence-corrected chi connectivity index (χ0v) is 23.7. The summed E-state index contributed by atoms with van der Waals surface area (Å²) in [4.78, 5) is 12.7. The van der Waals surface area contributed by atoms with E-state index in [1.807, 2.05) is 13.8 Å². The van der Waals surface area contributed by atoms with E-state index in [0.29, 0.717) is 0 Å². The van der Waals surface area contributed by atoms with Gasteiger partial charge in [-0.1, -0.05) is 105 Å². The number of rotatable bonds is 16. The van der Waals surface area contributed by atoms with Crippen molar-refractivity contribution >= 4 is 14.1 Å². The fraction of sp³-hybridized carbons (Fsp3) is 0.963. The molecule has 0 radical (unpaired) electrons. The summed E-state index contributed by atoms with van der Waals surface area (Å²) in [5.41, 5.74) is 0. The van der Waals surface area contributed by atoms with Crippen LogP contribution >= 0.6 is 0 Å². The van der Waals surface area contributed by atoms with Gasteiger partial charge in [0.05, 0.1) is 6.10 Å². The number of ketones is 1. The Kier molecular flexibility index (Phi) is 13.3. The zero-order valence-electron chi connectivity index (χ0n) is 22.7. The van der Waals surface area contributed by atoms with Crippen molar-refractivity contribution in [2.45, 2.75) is 161 Å². The van der Waals surface area contributed by atoms with Crippen molar-refractivity contribution < 1.29 is 18.7 Å². The third kappa shape index (κ3) is 11.3. The molecule has 32 heavy (non-hydrogen) atoms. The Morgan fingerprint density at radius 2 is 1.41 bits per heavy atom. The molecule has 1 aliphatic rings. The van der Waals surface area contributed by atoms with Gasteiger partial charge < -0.3 is 13.9 Å².